The largest absolute Gasteiger partial charge is 0.368 e. The number of aryl methyl sites for hydroxylation is 1. The summed E-state index contributed by atoms with van der Waals surface area (Å²) in [7, 11) is 0. The molecule has 148 valence electrons. The molecule has 1 aliphatic heterocycles. The second-order valence-corrected chi connectivity index (χ2v) is 7.20. The van der Waals surface area contributed by atoms with Crippen LogP contribution in [0.5, 0.6) is 0 Å². The number of hydrogen-bond donors (Lipinski definition) is 1. The molecule has 3 aromatic rings. The van der Waals surface area contributed by atoms with Gasteiger partial charge in [-0.1, -0.05) is 18.2 Å². The Morgan fingerprint density at radius 2 is 1.93 bits per heavy atom. The highest BCUT2D eigenvalue weighted by Crippen LogP contribution is 2.35. The van der Waals surface area contributed by atoms with Crippen LogP contribution in [-0.4, -0.2) is 56.9 Å². The van der Waals surface area contributed by atoms with E-state index < -0.39 is 0 Å². The van der Waals surface area contributed by atoms with Gasteiger partial charge in [0, 0.05) is 53.9 Å². The van der Waals surface area contributed by atoms with Gasteiger partial charge < -0.3 is 15.5 Å². The van der Waals surface area contributed by atoms with Gasteiger partial charge in [-0.3, -0.25) is 4.79 Å². The molecule has 0 spiro atoms. The molecule has 1 saturated heterocycles. The lowest BCUT2D eigenvalue weighted by Gasteiger charge is -2.35. The monoisotopic (exact) mass is 409 g/mol. The summed E-state index contributed by atoms with van der Waals surface area (Å²) in [4.78, 5) is 33.0. The first kappa shape index (κ1) is 19.1. The van der Waals surface area contributed by atoms with E-state index in [2.05, 4.69) is 31.4 Å². The van der Waals surface area contributed by atoms with Gasteiger partial charge in [-0.05, 0) is 25.1 Å². The topological polar surface area (TPSA) is 101 Å². The van der Waals surface area contributed by atoms with E-state index in [1.807, 2.05) is 19.1 Å². The highest BCUT2D eigenvalue weighted by atomic mass is 35.5. The van der Waals surface area contributed by atoms with E-state index >= 15 is 0 Å². The third-order valence-electron chi connectivity index (χ3n) is 5.06. The first-order valence-electron chi connectivity index (χ1n) is 9.18. The molecule has 1 amide bonds. The predicted octanol–water partition coefficient (Wildman–Crippen LogP) is 2.47. The highest BCUT2D eigenvalue weighted by Gasteiger charge is 2.22. The van der Waals surface area contributed by atoms with Crippen LogP contribution in [0.2, 0.25) is 5.02 Å². The minimum atomic E-state index is -0.0500. The molecular weight excluding hydrogens is 390 g/mol. The third kappa shape index (κ3) is 3.58. The standard InChI is InChI=1S/C20H20ClN7O/c1-3-18(29)27-4-6-28(7-5-27)19-14-8-16(21)13(9-17(14)24-11-25-19)15-10-23-20(22)26-12(15)2/h3,8-11H,1,4-7H2,2H3,(H2,22,23,26). The van der Waals surface area contributed by atoms with E-state index in [0.29, 0.717) is 31.2 Å². The second kappa shape index (κ2) is 7.63. The molecule has 1 aliphatic rings. The normalized spacial score (nSPS) is 14.3. The Bertz CT molecular complexity index is 1110. The summed E-state index contributed by atoms with van der Waals surface area (Å²) >= 11 is 6.62. The van der Waals surface area contributed by atoms with Crippen LogP contribution in [0.25, 0.3) is 22.0 Å². The molecule has 4 rings (SSSR count). The van der Waals surface area contributed by atoms with Gasteiger partial charge in [0.25, 0.3) is 0 Å². The Morgan fingerprint density at radius 1 is 1.17 bits per heavy atom. The second-order valence-electron chi connectivity index (χ2n) is 6.79. The van der Waals surface area contributed by atoms with Gasteiger partial charge in [-0.2, -0.15) is 0 Å². The number of aromatic nitrogens is 4. The summed E-state index contributed by atoms with van der Waals surface area (Å²) in [6, 6.07) is 3.79. The lowest BCUT2D eigenvalue weighted by Crippen LogP contribution is -2.48. The highest BCUT2D eigenvalue weighted by molar-refractivity contribution is 6.34. The lowest BCUT2D eigenvalue weighted by atomic mass is 10.0. The Balaban J connectivity index is 1.70. The number of halogens is 1. The fourth-order valence-corrected chi connectivity index (χ4v) is 3.80. The zero-order valence-corrected chi connectivity index (χ0v) is 16.7. The Hall–Kier alpha value is -3.26. The molecule has 8 nitrogen and oxygen atoms in total. The van der Waals surface area contributed by atoms with E-state index in [4.69, 9.17) is 17.3 Å². The van der Waals surface area contributed by atoms with Crippen LogP contribution in [0.3, 0.4) is 0 Å². The molecule has 2 aromatic heterocycles. The first-order valence-corrected chi connectivity index (χ1v) is 9.55. The van der Waals surface area contributed by atoms with E-state index in [1.165, 1.54) is 6.08 Å². The van der Waals surface area contributed by atoms with Gasteiger partial charge in [0.15, 0.2) is 0 Å². The average molecular weight is 410 g/mol. The van der Waals surface area contributed by atoms with Crippen molar-refractivity contribution in [2.75, 3.05) is 36.8 Å². The van der Waals surface area contributed by atoms with Crippen LogP contribution < -0.4 is 10.6 Å². The molecule has 0 radical (unpaired) electrons. The molecule has 1 aromatic carbocycles. The summed E-state index contributed by atoms with van der Waals surface area (Å²) in [5, 5.41) is 1.42. The van der Waals surface area contributed by atoms with Crippen LogP contribution in [0.15, 0.2) is 37.3 Å². The number of carbonyl (C=O) groups is 1. The average Bonchev–Trinajstić information content (AvgIpc) is 2.73. The number of hydrogen-bond acceptors (Lipinski definition) is 7. The number of rotatable bonds is 3. The third-order valence-corrected chi connectivity index (χ3v) is 5.37. The van der Waals surface area contributed by atoms with E-state index in [-0.39, 0.29) is 11.9 Å². The number of fused-ring (bicyclic) bond motifs is 1. The number of carbonyl (C=O) groups excluding carboxylic acids is 1. The maximum atomic E-state index is 11.8. The van der Waals surface area contributed by atoms with Gasteiger partial charge in [0.2, 0.25) is 11.9 Å². The molecule has 1 fully saturated rings. The molecule has 0 saturated carbocycles. The molecule has 9 heteroatoms. The van der Waals surface area contributed by atoms with Crippen molar-refractivity contribution in [2.24, 2.45) is 0 Å². The summed E-state index contributed by atoms with van der Waals surface area (Å²) in [6.45, 7) is 8.00. The van der Waals surface area contributed by atoms with Crippen molar-refractivity contribution in [3.05, 3.63) is 48.0 Å². The maximum Gasteiger partial charge on any atom is 0.246 e. The molecule has 0 bridgehead atoms. The van der Waals surface area contributed by atoms with E-state index in [1.54, 1.807) is 17.4 Å². The maximum absolute atomic E-state index is 11.8. The number of nitrogen functional groups attached to an aromatic ring is 1. The van der Waals surface area contributed by atoms with Gasteiger partial charge in [-0.15, -0.1) is 0 Å². The van der Waals surface area contributed by atoms with Crippen LogP contribution in [0.4, 0.5) is 11.8 Å². The van der Waals surface area contributed by atoms with E-state index in [9.17, 15) is 4.79 Å². The van der Waals surface area contributed by atoms with Crippen LogP contribution >= 0.6 is 11.6 Å². The van der Waals surface area contributed by atoms with Crippen LogP contribution in [0, 0.1) is 6.92 Å². The minimum Gasteiger partial charge on any atom is -0.368 e. The molecule has 0 aliphatic carbocycles. The van der Waals surface area contributed by atoms with Crippen molar-refractivity contribution in [3.8, 4) is 11.1 Å². The van der Waals surface area contributed by atoms with E-state index in [0.717, 1.165) is 33.5 Å². The van der Waals surface area contributed by atoms with Crippen molar-refractivity contribution >= 4 is 40.2 Å². The lowest BCUT2D eigenvalue weighted by molar-refractivity contribution is -0.126. The van der Waals surface area contributed by atoms with Gasteiger partial charge >= 0.3 is 0 Å². The molecule has 0 unspecified atom stereocenters. The van der Waals surface area contributed by atoms with Crippen LogP contribution in [0.1, 0.15) is 5.69 Å². The minimum absolute atomic E-state index is 0.0500. The number of amides is 1. The Labute approximate surface area is 173 Å². The fraction of sp³-hybridized carbons (Fsp3) is 0.250. The number of anilines is 2. The van der Waals surface area contributed by atoms with Crippen molar-refractivity contribution in [1.82, 2.24) is 24.8 Å². The number of benzene rings is 1. The van der Waals surface area contributed by atoms with Crippen molar-refractivity contribution in [3.63, 3.8) is 0 Å². The van der Waals surface area contributed by atoms with Crippen LogP contribution in [-0.2, 0) is 4.79 Å². The molecule has 2 N–H and O–H groups in total. The summed E-state index contributed by atoms with van der Waals surface area (Å²) < 4.78 is 0. The number of nitrogens with two attached hydrogens (primary N) is 1. The predicted molar refractivity (Wildman–Crippen MR) is 114 cm³/mol. The zero-order chi connectivity index (χ0) is 20.5. The first-order chi connectivity index (χ1) is 14.0. The zero-order valence-electron chi connectivity index (χ0n) is 16.0. The molecule has 3 heterocycles. The molecule has 0 atom stereocenters. The molecular formula is C20H20ClN7O. The van der Waals surface area contributed by atoms with Gasteiger partial charge in [-0.25, -0.2) is 19.9 Å². The SMILES string of the molecule is C=CC(=O)N1CCN(c2ncnc3cc(-c4cnc(N)nc4C)c(Cl)cc23)CC1. The summed E-state index contributed by atoms with van der Waals surface area (Å²) in [5.41, 5.74) is 8.78. The molecule has 29 heavy (non-hydrogen) atoms. The Morgan fingerprint density at radius 3 is 2.62 bits per heavy atom. The number of piperazine rings is 1. The van der Waals surface area contributed by atoms with Crippen molar-refractivity contribution in [2.45, 2.75) is 6.92 Å². The quantitative estimate of drug-likeness (QED) is 0.663. The van der Waals surface area contributed by atoms with Gasteiger partial charge in [0.1, 0.15) is 12.1 Å². The number of nitrogens with zero attached hydrogens (tertiary/aromatic N) is 6. The van der Waals surface area contributed by atoms with Gasteiger partial charge in [0.05, 0.1) is 11.2 Å². The summed E-state index contributed by atoms with van der Waals surface area (Å²) in [5.74, 6) is 0.979. The van der Waals surface area contributed by atoms with Crippen molar-refractivity contribution < 1.29 is 4.79 Å². The smallest absolute Gasteiger partial charge is 0.246 e. The Kier molecular flexibility index (Phi) is 5.02. The fourth-order valence-electron chi connectivity index (χ4n) is 3.54. The van der Waals surface area contributed by atoms with Crippen molar-refractivity contribution in [1.29, 1.82) is 0 Å². The summed E-state index contributed by atoms with van der Waals surface area (Å²) in [6.07, 6.45) is 4.56.